The molecule has 0 aliphatic carbocycles. The van der Waals surface area contributed by atoms with Gasteiger partial charge >= 0.3 is 0 Å². The van der Waals surface area contributed by atoms with Crippen molar-refractivity contribution < 1.29 is 0 Å². The van der Waals surface area contributed by atoms with Crippen molar-refractivity contribution in [2.45, 2.75) is 6.54 Å². The van der Waals surface area contributed by atoms with Crippen LogP contribution in [0.25, 0.3) is 5.65 Å². The fraction of sp³-hybridized carbons (Fsp3) is 0.294. The van der Waals surface area contributed by atoms with Crippen LogP contribution in [0.1, 0.15) is 5.69 Å². The average Bonchev–Trinajstić information content (AvgIpc) is 2.97. The Morgan fingerprint density at radius 3 is 2.62 bits per heavy atom. The summed E-state index contributed by atoms with van der Waals surface area (Å²) in [5.74, 6) is 0. The molecular formula is C17H17Cl2N5. The standard InChI is InChI=1S/C17H17Cl2N5/c18-13-1-2-17-21-14(12-24(17)10-13)11-22-5-7-23(8-6-22)15-3-4-20-16(19)9-15/h1-4,9-10,12H,5-8,11H2. The number of imidazole rings is 1. The van der Waals surface area contributed by atoms with Crippen molar-refractivity contribution in [2.75, 3.05) is 31.1 Å². The second-order valence-corrected chi connectivity index (χ2v) is 6.77. The van der Waals surface area contributed by atoms with Crippen LogP contribution in [0.4, 0.5) is 5.69 Å². The molecule has 0 aromatic carbocycles. The number of halogens is 2. The number of hydrogen-bond donors (Lipinski definition) is 0. The van der Waals surface area contributed by atoms with Gasteiger partial charge in [-0.15, -0.1) is 0 Å². The first-order valence-corrected chi connectivity index (χ1v) is 8.65. The molecule has 0 spiro atoms. The minimum Gasteiger partial charge on any atom is -0.369 e. The number of nitrogens with zero attached hydrogens (tertiary/aromatic N) is 5. The lowest BCUT2D eigenvalue weighted by Gasteiger charge is -2.35. The zero-order valence-electron chi connectivity index (χ0n) is 13.1. The highest BCUT2D eigenvalue weighted by atomic mass is 35.5. The number of rotatable bonds is 3. The maximum Gasteiger partial charge on any atom is 0.137 e. The molecule has 0 saturated carbocycles. The van der Waals surface area contributed by atoms with Crippen LogP contribution in [-0.4, -0.2) is 45.4 Å². The highest BCUT2D eigenvalue weighted by molar-refractivity contribution is 6.30. The van der Waals surface area contributed by atoms with Gasteiger partial charge in [-0.25, -0.2) is 9.97 Å². The molecular weight excluding hydrogens is 345 g/mol. The first-order valence-electron chi connectivity index (χ1n) is 7.89. The Hall–Kier alpha value is -1.82. The summed E-state index contributed by atoms with van der Waals surface area (Å²) in [7, 11) is 0. The molecule has 4 rings (SSSR count). The smallest absolute Gasteiger partial charge is 0.137 e. The Bertz CT molecular complexity index is 855. The van der Waals surface area contributed by atoms with Crippen molar-refractivity contribution in [1.29, 1.82) is 0 Å². The average molecular weight is 362 g/mol. The third-order valence-corrected chi connectivity index (χ3v) is 4.73. The van der Waals surface area contributed by atoms with Crippen LogP contribution in [0.2, 0.25) is 10.2 Å². The molecule has 0 atom stereocenters. The van der Waals surface area contributed by atoms with Gasteiger partial charge in [-0.2, -0.15) is 0 Å². The van der Waals surface area contributed by atoms with Gasteiger partial charge in [0.25, 0.3) is 0 Å². The maximum atomic E-state index is 6.03. The number of aromatic nitrogens is 3. The summed E-state index contributed by atoms with van der Waals surface area (Å²) in [6.07, 6.45) is 5.70. The van der Waals surface area contributed by atoms with E-state index >= 15 is 0 Å². The van der Waals surface area contributed by atoms with E-state index in [1.165, 1.54) is 0 Å². The molecule has 124 valence electrons. The lowest BCUT2D eigenvalue weighted by molar-refractivity contribution is 0.247. The Labute approximate surface area is 150 Å². The second kappa shape index (κ2) is 6.59. The summed E-state index contributed by atoms with van der Waals surface area (Å²) in [4.78, 5) is 13.5. The molecule has 24 heavy (non-hydrogen) atoms. The molecule has 0 amide bonds. The summed E-state index contributed by atoms with van der Waals surface area (Å²) in [6.45, 7) is 4.78. The van der Waals surface area contributed by atoms with Gasteiger partial charge in [-0.05, 0) is 24.3 Å². The molecule has 1 aliphatic heterocycles. The largest absolute Gasteiger partial charge is 0.369 e. The van der Waals surface area contributed by atoms with E-state index in [0.29, 0.717) is 5.15 Å². The Morgan fingerprint density at radius 2 is 1.83 bits per heavy atom. The van der Waals surface area contributed by atoms with Crippen molar-refractivity contribution in [3.8, 4) is 0 Å². The SMILES string of the molecule is Clc1ccc2nc(CN3CCN(c4ccnc(Cl)c4)CC3)cn2c1. The van der Waals surface area contributed by atoms with Gasteiger partial charge in [0, 0.05) is 57.0 Å². The predicted octanol–water partition coefficient (Wildman–Crippen LogP) is 3.36. The zero-order valence-corrected chi connectivity index (χ0v) is 14.6. The van der Waals surface area contributed by atoms with Crippen molar-refractivity contribution in [3.63, 3.8) is 0 Å². The van der Waals surface area contributed by atoms with Crippen LogP contribution in [0, 0.1) is 0 Å². The van der Waals surface area contributed by atoms with E-state index in [9.17, 15) is 0 Å². The highest BCUT2D eigenvalue weighted by Crippen LogP contribution is 2.20. The number of anilines is 1. The Kier molecular flexibility index (Phi) is 4.31. The fourth-order valence-corrected chi connectivity index (χ4v) is 3.41. The number of piperazine rings is 1. The van der Waals surface area contributed by atoms with Gasteiger partial charge in [-0.1, -0.05) is 23.2 Å². The Balaban J connectivity index is 1.40. The molecule has 0 N–H and O–H groups in total. The molecule has 0 radical (unpaired) electrons. The molecule has 1 aliphatic rings. The van der Waals surface area contributed by atoms with E-state index in [1.54, 1.807) is 6.20 Å². The summed E-state index contributed by atoms with van der Waals surface area (Å²) in [5, 5.41) is 1.26. The molecule has 3 aromatic heterocycles. The van der Waals surface area contributed by atoms with Crippen LogP contribution in [-0.2, 0) is 6.54 Å². The first kappa shape index (κ1) is 15.7. The summed E-state index contributed by atoms with van der Waals surface area (Å²) >= 11 is 12.0. The molecule has 3 aromatic rings. The molecule has 1 saturated heterocycles. The number of hydrogen-bond acceptors (Lipinski definition) is 4. The zero-order chi connectivity index (χ0) is 16.5. The van der Waals surface area contributed by atoms with E-state index in [2.05, 4.69) is 26.0 Å². The summed E-state index contributed by atoms with van der Waals surface area (Å²) in [6, 6.07) is 7.74. The molecule has 7 heteroatoms. The van der Waals surface area contributed by atoms with Crippen molar-refractivity contribution in [2.24, 2.45) is 0 Å². The quantitative estimate of drug-likeness (QED) is 0.670. The topological polar surface area (TPSA) is 36.7 Å². The molecule has 1 fully saturated rings. The van der Waals surface area contributed by atoms with Crippen molar-refractivity contribution in [1.82, 2.24) is 19.3 Å². The lowest BCUT2D eigenvalue weighted by atomic mass is 10.2. The van der Waals surface area contributed by atoms with Crippen LogP contribution in [0.5, 0.6) is 0 Å². The predicted molar refractivity (Wildman–Crippen MR) is 96.9 cm³/mol. The maximum absolute atomic E-state index is 6.03. The lowest BCUT2D eigenvalue weighted by Crippen LogP contribution is -2.46. The molecule has 0 unspecified atom stereocenters. The van der Waals surface area contributed by atoms with Crippen LogP contribution >= 0.6 is 23.2 Å². The van der Waals surface area contributed by atoms with E-state index in [1.807, 2.05) is 34.9 Å². The van der Waals surface area contributed by atoms with Gasteiger partial charge in [0.1, 0.15) is 10.8 Å². The van der Waals surface area contributed by atoms with E-state index in [0.717, 1.165) is 54.8 Å². The van der Waals surface area contributed by atoms with E-state index in [-0.39, 0.29) is 0 Å². The summed E-state index contributed by atoms with van der Waals surface area (Å²) < 4.78 is 1.98. The summed E-state index contributed by atoms with van der Waals surface area (Å²) in [5.41, 5.74) is 3.13. The van der Waals surface area contributed by atoms with Crippen LogP contribution < -0.4 is 4.90 Å². The normalized spacial score (nSPS) is 16.0. The van der Waals surface area contributed by atoms with Gasteiger partial charge < -0.3 is 9.30 Å². The minimum atomic E-state index is 0.540. The molecule has 5 nitrogen and oxygen atoms in total. The number of fused-ring (bicyclic) bond motifs is 1. The van der Waals surface area contributed by atoms with Gasteiger partial charge in [0.2, 0.25) is 0 Å². The third-order valence-electron chi connectivity index (χ3n) is 4.30. The first-order chi connectivity index (χ1) is 11.7. The van der Waals surface area contributed by atoms with E-state index < -0.39 is 0 Å². The van der Waals surface area contributed by atoms with Gasteiger partial charge in [-0.3, -0.25) is 4.90 Å². The Morgan fingerprint density at radius 1 is 1.00 bits per heavy atom. The second-order valence-electron chi connectivity index (χ2n) is 5.94. The van der Waals surface area contributed by atoms with Crippen LogP contribution in [0.3, 0.4) is 0 Å². The van der Waals surface area contributed by atoms with Gasteiger partial charge in [0.15, 0.2) is 0 Å². The van der Waals surface area contributed by atoms with Gasteiger partial charge in [0.05, 0.1) is 10.7 Å². The van der Waals surface area contributed by atoms with Crippen molar-refractivity contribution in [3.05, 3.63) is 58.7 Å². The molecule has 4 heterocycles. The highest BCUT2D eigenvalue weighted by Gasteiger charge is 2.18. The minimum absolute atomic E-state index is 0.540. The van der Waals surface area contributed by atoms with Crippen LogP contribution in [0.15, 0.2) is 42.9 Å². The number of pyridine rings is 2. The fourth-order valence-electron chi connectivity index (χ4n) is 3.08. The van der Waals surface area contributed by atoms with Crippen molar-refractivity contribution >= 4 is 34.5 Å². The van der Waals surface area contributed by atoms with E-state index in [4.69, 9.17) is 23.2 Å². The third kappa shape index (κ3) is 3.34. The molecule has 0 bridgehead atoms. The monoisotopic (exact) mass is 361 g/mol.